The fourth-order valence-corrected chi connectivity index (χ4v) is 3.90. The van der Waals surface area contributed by atoms with Crippen LogP contribution in [0.2, 0.25) is 10.0 Å². The molecule has 1 amide bonds. The Balaban J connectivity index is 1.96. The van der Waals surface area contributed by atoms with E-state index in [1.807, 2.05) is 0 Å². The number of carbonyl (C=O) groups is 1. The molecule has 0 bridgehead atoms. The van der Waals surface area contributed by atoms with Crippen LogP contribution in [0, 0.1) is 0 Å². The highest BCUT2D eigenvalue weighted by molar-refractivity contribution is 7.89. The third-order valence-corrected chi connectivity index (χ3v) is 6.17. The van der Waals surface area contributed by atoms with Gasteiger partial charge in [-0.2, -0.15) is 0 Å². The van der Waals surface area contributed by atoms with E-state index in [2.05, 4.69) is 5.32 Å². The van der Waals surface area contributed by atoms with E-state index in [9.17, 15) is 13.2 Å². The Labute approximate surface area is 140 Å². The number of nitrogens with one attached hydrogen (secondary N) is 1. The highest BCUT2D eigenvalue weighted by Gasteiger charge is 2.27. The number of nitrogens with zero attached hydrogens (tertiary/aromatic N) is 1. The minimum absolute atomic E-state index is 0.0640. The van der Waals surface area contributed by atoms with E-state index >= 15 is 0 Å². The summed E-state index contributed by atoms with van der Waals surface area (Å²) in [6, 6.07) is 4.66. The summed E-state index contributed by atoms with van der Waals surface area (Å²) in [6.07, 6.45) is 1.17. The lowest BCUT2D eigenvalue weighted by molar-refractivity contribution is 0.0924. The molecule has 0 aliphatic carbocycles. The highest BCUT2D eigenvalue weighted by Crippen LogP contribution is 2.21. The summed E-state index contributed by atoms with van der Waals surface area (Å²) in [6.45, 7) is 2.47. The van der Waals surface area contributed by atoms with E-state index < -0.39 is 10.0 Å². The maximum Gasteiger partial charge on any atom is 0.253 e. The normalized spacial score (nSPS) is 17.4. The molecule has 0 atom stereocenters. The molecule has 122 valence electrons. The number of rotatable bonds is 4. The first kappa shape index (κ1) is 17.5. The van der Waals surface area contributed by atoms with Gasteiger partial charge in [0.1, 0.15) is 0 Å². The van der Waals surface area contributed by atoms with Gasteiger partial charge in [0.15, 0.2) is 0 Å². The number of carbonyl (C=O) groups excluding carboxylic acids is 1. The maximum atomic E-state index is 12.2. The van der Waals surface area contributed by atoms with Gasteiger partial charge in [-0.1, -0.05) is 23.2 Å². The summed E-state index contributed by atoms with van der Waals surface area (Å²) in [5.74, 6) is -0.188. The van der Waals surface area contributed by atoms with Gasteiger partial charge in [-0.25, -0.2) is 12.7 Å². The Hall–Kier alpha value is -0.820. The molecule has 5 nitrogen and oxygen atoms in total. The molecule has 0 unspecified atom stereocenters. The Morgan fingerprint density at radius 2 is 1.95 bits per heavy atom. The van der Waals surface area contributed by atoms with Crippen LogP contribution in [0.3, 0.4) is 0 Å². The number of halogens is 2. The average Bonchev–Trinajstić information content (AvgIpc) is 2.50. The molecule has 0 spiro atoms. The lowest BCUT2D eigenvalue weighted by atomic mass is 10.1. The number of sulfonamides is 1. The van der Waals surface area contributed by atoms with Crippen LogP contribution in [-0.4, -0.2) is 43.5 Å². The molecule has 2 rings (SSSR count). The van der Waals surface area contributed by atoms with Gasteiger partial charge in [0.25, 0.3) is 5.91 Å². The van der Waals surface area contributed by atoms with Gasteiger partial charge >= 0.3 is 0 Å². The second kappa shape index (κ2) is 7.17. The third kappa shape index (κ3) is 4.13. The van der Waals surface area contributed by atoms with Crippen molar-refractivity contribution in [1.82, 2.24) is 9.62 Å². The van der Waals surface area contributed by atoms with Crippen LogP contribution in [0.25, 0.3) is 0 Å². The smallest absolute Gasteiger partial charge is 0.253 e. The molecule has 0 radical (unpaired) electrons. The monoisotopic (exact) mass is 364 g/mol. The predicted molar refractivity (Wildman–Crippen MR) is 88.0 cm³/mol. The zero-order valence-electron chi connectivity index (χ0n) is 12.2. The summed E-state index contributed by atoms with van der Waals surface area (Å²) < 4.78 is 25.1. The molecule has 1 aromatic carbocycles. The Morgan fingerprint density at radius 3 is 2.55 bits per heavy atom. The van der Waals surface area contributed by atoms with Crippen molar-refractivity contribution in [2.24, 2.45) is 0 Å². The van der Waals surface area contributed by atoms with Crippen molar-refractivity contribution in [3.8, 4) is 0 Å². The van der Waals surface area contributed by atoms with Crippen LogP contribution in [0.4, 0.5) is 0 Å². The Kier molecular flexibility index (Phi) is 5.71. The zero-order valence-corrected chi connectivity index (χ0v) is 14.5. The van der Waals surface area contributed by atoms with Gasteiger partial charge in [0.05, 0.1) is 16.3 Å². The molecule has 1 aromatic rings. The molecule has 1 aliphatic rings. The molecule has 1 fully saturated rings. The molecule has 0 saturated carbocycles. The molecule has 1 heterocycles. The maximum absolute atomic E-state index is 12.2. The predicted octanol–water partition coefficient (Wildman–Crippen LogP) is 2.54. The number of hydrogen-bond donors (Lipinski definition) is 1. The van der Waals surface area contributed by atoms with Gasteiger partial charge in [-0.3, -0.25) is 4.79 Å². The Bertz CT molecular complexity index is 656. The van der Waals surface area contributed by atoms with Gasteiger partial charge in [0, 0.05) is 24.2 Å². The summed E-state index contributed by atoms with van der Waals surface area (Å²) in [5.41, 5.74) is 0.331. The van der Waals surface area contributed by atoms with Gasteiger partial charge < -0.3 is 5.32 Å². The quantitative estimate of drug-likeness (QED) is 0.892. The summed E-state index contributed by atoms with van der Waals surface area (Å²) in [5, 5.41) is 3.67. The molecular formula is C14H18Cl2N2O3S. The zero-order chi connectivity index (χ0) is 16.3. The first-order valence-corrected chi connectivity index (χ1v) is 9.43. The summed E-state index contributed by atoms with van der Waals surface area (Å²) in [4.78, 5) is 12.2. The molecular weight excluding hydrogens is 347 g/mol. The Morgan fingerprint density at radius 1 is 1.32 bits per heavy atom. The lowest BCUT2D eigenvalue weighted by Crippen LogP contribution is -2.46. The van der Waals surface area contributed by atoms with E-state index in [1.54, 1.807) is 19.1 Å². The van der Waals surface area contributed by atoms with E-state index in [-0.39, 0.29) is 17.7 Å². The van der Waals surface area contributed by atoms with Crippen molar-refractivity contribution in [1.29, 1.82) is 0 Å². The highest BCUT2D eigenvalue weighted by atomic mass is 35.5. The summed E-state index contributed by atoms with van der Waals surface area (Å²) >= 11 is 11.9. The standard InChI is InChI=1S/C14H18Cl2N2O3S/c1-2-22(20,21)18-7-5-11(6-8-18)17-14(19)12-9-10(15)3-4-13(12)16/h3-4,9,11H,2,5-8H2,1H3,(H,17,19). The lowest BCUT2D eigenvalue weighted by Gasteiger charge is -2.31. The molecule has 1 N–H and O–H groups in total. The van der Waals surface area contributed by atoms with Crippen molar-refractivity contribution in [2.45, 2.75) is 25.8 Å². The molecule has 22 heavy (non-hydrogen) atoms. The first-order chi connectivity index (χ1) is 10.3. The second-order valence-corrected chi connectivity index (χ2v) is 8.27. The van der Waals surface area contributed by atoms with Crippen LogP contribution < -0.4 is 5.32 Å². The fourth-order valence-electron chi connectivity index (χ4n) is 2.40. The van der Waals surface area contributed by atoms with Crippen molar-refractivity contribution in [2.75, 3.05) is 18.8 Å². The van der Waals surface area contributed by atoms with Gasteiger partial charge in [-0.05, 0) is 38.0 Å². The topological polar surface area (TPSA) is 66.5 Å². The fraction of sp³-hybridized carbons (Fsp3) is 0.500. The van der Waals surface area contributed by atoms with Crippen LogP contribution in [-0.2, 0) is 10.0 Å². The SMILES string of the molecule is CCS(=O)(=O)N1CCC(NC(=O)c2cc(Cl)ccc2Cl)CC1. The first-order valence-electron chi connectivity index (χ1n) is 7.07. The minimum Gasteiger partial charge on any atom is -0.349 e. The number of amides is 1. The largest absolute Gasteiger partial charge is 0.349 e. The van der Waals surface area contributed by atoms with Crippen molar-refractivity contribution < 1.29 is 13.2 Å². The van der Waals surface area contributed by atoms with E-state index in [0.717, 1.165) is 0 Å². The van der Waals surface area contributed by atoms with E-state index in [4.69, 9.17) is 23.2 Å². The van der Waals surface area contributed by atoms with Crippen molar-refractivity contribution in [3.63, 3.8) is 0 Å². The van der Waals surface area contributed by atoms with E-state index in [0.29, 0.717) is 41.5 Å². The van der Waals surface area contributed by atoms with Crippen LogP contribution in [0.5, 0.6) is 0 Å². The van der Waals surface area contributed by atoms with Crippen molar-refractivity contribution >= 4 is 39.1 Å². The minimum atomic E-state index is -3.16. The summed E-state index contributed by atoms with van der Waals surface area (Å²) in [7, 11) is -3.16. The van der Waals surface area contributed by atoms with Gasteiger partial charge in [0.2, 0.25) is 10.0 Å². The molecule has 1 saturated heterocycles. The third-order valence-electron chi connectivity index (χ3n) is 3.72. The molecule has 1 aliphatic heterocycles. The number of piperidine rings is 1. The molecule has 8 heteroatoms. The van der Waals surface area contributed by atoms with Crippen LogP contribution in [0.15, 0.2) is 18.2 Å². The number of benzene rings is 1. The van der Waals surface area contributed by atoms with Crippen molar-refractivity contribution in [3.05, 3.63) is 33.8 Å². The van der Waals surface area contributed by atoms with Crippen LogP contribution >= 0.6 is 23.2 Å². The molecule has 0 aromatic heterocycles. The van der Waals surface area contributed by atoms with Gasteiger partial charge in [-0.15, -0.1) is 0 Å². The number of hydrogen-bond acceptors (Lipinski definition) is 3. The average molecular weight is 365 g/mol. The van der Waals surface area contributed by atoms with E-state index in [1.165, 1.54) is 10.4 Å². The van der Waals surface area contributed by atoms with Crippen LogP contribution in [0.1, 0.15) is 30.1 Å². The second-order valence-electron chi connectivity index (χ2n) is 5.17.